The maximum Gasteiger partial charge on any atom is 0.225 e. The Bertz CT molecular complexity index is 518. The second-order valence-corrected chi connectivity index (χ2v) is 4.64. The van der Waals surface area contributed by atoms with Gasteiger partial charge in [-0.15, -0.1) is 0 Å². The molecule has 0 aromatic carbocycles. The van der Waals surface area contributed by atoms with Gasteiger partial charge in [-0.05, 0) is 37.5 Å². The predicted octanol–water partition coefficient (Wildman–Crippen LogP) is 4.00. The van der Waals surface area contributed by atoms with Crippen LogP contribution < -0.4 is 4.90 Å². The molecule has 0 aliphatic heterocycles. The monoisotopic (exact) mass is 272 g/mol. The fourth-order valence-electron chi connectivity index (χ4n) is 2.21. The number of aryl methyl sites for hydroxylation is 1. The Hall–Kier alpha value is -1.90. The van der Waals surface area contributed by atoms with Crippen molar-refractivity contribution in [3.8, 4) is 0 Å². The summed E-state index contributed by atoms with van der Waals surface area (Å²) in [6.07, 6.45) is 5.60. The van der Waals surface area contributed by atoms with Crippen LogP contribution in [-0.4, -0.2) is 17.4 Å². The summed E-state index contributed by atoms with van der Waals surface area (Å²) in [6.45, 7) is 12.2. The fraction of sp³-hybridized carbons (Fsp3) is 0.412. The summed E-state index contributed by atoms with van der Waals surface area (Å²) < 4.78 is 0. The second-order valence-electron chi connectivity index (χ2n) is 4.64. The van der Waals surface area contributed by atoms with Gasteiger partial charge in [-0.2, -0.15) is 0 Å². The van der Waals surface area contributed by atoms with E-state index in [0.29, 0.717) is 6.54 Å². The van der Waals surface area contributed by atoms with Crippen LogP contribution >= 0.6 is 0 Å². The lowest BCUT2D eigenvalue weighted by molar-refractivity contribution is -0.116. The lowest BCUT2D eigenvalue weighted by atomic mass is 10.0. The van der Waals surface area contributed by atoms with Crippen LogP contribution in [0.1, 0.15) is 45.4 Å². The van der Waals surface area contributed by atoms with Crippen LogP contribution in [0.3, 0.4) is 0 Å². The zero-order chi connectivity index (χ0) is 15.1. The maximum absolute atomic E-state index is 11.7. The molecule has 3 nitrogen and oxygen atoms in total. The van der Waals surface area contributed by atoms with Crippen LogP contribution in [0.4, 0.5) is 5.82 Å². The molecule has 0 spiro atoms. The Morgan fingerprint density at radius 3 is 2.55 bits per heavy atom. The number of hydrogen-bond donors (Lipinski definition) is 0. The number of rotatable bonds is 6. The average Bonchev–Trinajstić information content (AvgIpc) is 2.46. The molecule has 0 saturated heterocycles. The minimum absolute atomic E-state index is 0.0316. The highest BCUT2D eigenvalue weighted by Crippen LogP contribution is 2.23. The van der Waals surface area contributed by atoms with Gasteiger partial charge in [0.05, 0.1) is 5.69 Å². The topological polar surface area (TPSA) is 33.2 Å². The molecule has 108 valence electrons. The molecular formula is C17H24N2O. The smallest absolute Gasteiger partial charge is 0.225 e. The van der Waals surface area contributed by atoms with Crippen LogP contribution in [0.5, 0.6) is 0 Å². The second kappa shape index (κ2) is 7.63. The Balaban J connectivity index is 3.27. The molecule has 0 unspecified atom stereocenters. The molecular weight excluding hydrogens is 248 g/mol. The van der Waals surface area contributed by atoms with Gasteiger partial charge >= 0.3 is 0 Å². The van der Waals surface area contributed by atoms with Gasteiger partial charge in [0.1, 0.15) is 5.82 Å². The number of aromatic nitrogens is 1. The van der Waals surface area contributed by atoms with E-state index in [1.807, 2.05) is 31.2 Å². The fourth-order valence-corrected chi connectivity index (χ4v) is 2.21. The van der Waals surface area contributed by atoms with Crippen molar-refractivity contribution in [2.24, 2.45) is 0 Å². The van der Waals surface area contributed by atoms with Crippen LogP contribution in [0.25, 0.3) is 5.57 Å². The van der Waals surface area contributed by atoms with Crippen LogP contribution in [0.2, 0.25) is 0 Å². The normalized spacial score (nSPS) is 11.3. The van der Waals surface area contributed by atoms with Gasteiger partial charge in [0, 0.05) is 19.0 Å². The third-order valence-corrected chi connectivity index (χ3v) is 3.24. The number of carbonyl (C=O) groups is 1. The first-order chi connectivity index (χ1) is 9.58. The van der Waals surface area contributed by atoms with Crippen LogP contribution in [-0.2, 0) is 11.2 Å². The third kappa shape index (κ3) is 3.56. The van der Waals surface area contributed by atoms with E-state index in [4.69, 9.17) is 0 Å². The number of nitrogens with zero attached hydrogens (tertiary/aromatic N) is 2. The van der Waals surface area contributed by atoms with E-state index in [1.54, 1.807) is 11.8 Å². The SMILES string of the molecule is C=C/C(=C\C)c1ccc(N(CCC)C(C)=O)nc1CC. The largest absolute Gasteiger partial charge is 0.297 e. The first-order valence-corrected chi connectivity index (χ1v) is 7.16. The number of allylic oxidation sites excluding steroid dienone is 3. The van der Waals surface area contributed by atoms with Crippen LogP contribution in [0, 0.1) is 0 Å². The molecule has 3 heteroatoms. The van der Waals surface area contributed by atoms with Crippen molar-refractivity contribution in [2.75, 3.05) is 11.4 Å². The molecule has 1 rings (SSSR count). The highest BCUT2D eigenvalue weighted by Gasteiger charge is 2.14. The maximum atomic E-state index is 11.7. The molecule has 0 radical (unpaired) electrons. The summed E-state index contributed by atoms with van der Waals surface area (Å²) in [6, 6.07) is 3.95. The van der Waals surface area contributed by atoms with Gasteiger partial charge in [0.2, 0.25) is 5.91 Å². The number of carbonyl (C=O) groups excluding carboxylic acids is 1. The van der Waals surface area contributed by atoms with Gasteiger partial charge in [-0.3, -0.25) is 9.69 Å². The molecule has 1 aromatic heterocycles. The molecule has 0 saturated carbocycles. The first kappa shape index (κ1) is 16.2. The van der Waals surface area contributed by atoms with Crippen molar-refractivity contribution in [1.29, 1.82) is 0 Å². The van der Waals surface area contributed by atoms with E-state index in [0.717, 1.165) is 35.5 Å². The average molecular weight is 272 g/mol. The number of anilines is 1. The van der Waals surface area contributed by atoms with E-state index in [-0.39, 0.29) is 5.91 Å². The summed E-state index contributed by atoms with van der Waals surface area (Å²) in [5, 5.41) is 0. The number of pyridine rings is 1. The standard InChI is InChI=1S/C17H24N2O/c1-6-12-19(13(5)20)17-11-10-15(14(7-2)8-3)16(9-4)18-17/h7-8,10-11H,2,6,9,12H2,1,3-5H3/b14-8+. The summed E-state index contributed by atoms with van der Waals surface area (Å²) in [7, 11) is 0. The molecule has 0 N–H and O–H groups in total. The quantitative estimate of drug-likeness (QED) is 0.733. The van der Waals surface area contributed by atoms with E-state index < -0.39 is 0 Å². The third-order valence-electron chi connectivity index (χ3n) is 3.24. The van der Waals surface area contributed by atoms with E-state index in [1.165, 1.54) is 0 Å². The molecule has 1 amide bonds. The van der Waals surface area contributed by atoms with Crippen molar-refractivity contribution >= 4 is 17.3 Å². The zero-order valence-corrected chi connectivity index (χ0v) is 12.9. The molecule has 1 heterocycles. The molecule has 0 bridgehead atoms. The molecule has 1 aromatic rings. The summed E-state index contributed by atoms with van der Waals surface area (Å²) in [5.74, 6) is 0.767. The summed E-state index contributed by atoms with van der Waals surface area (Å²) in [5.41, 5.74) is 3.16. The van der Waals surface area contributed by atoms with E-state index in [2.05, 4.69) is 25.4 Å². The van der Waals surface area contributed by atoms with Crippen molar-refractivity contribution in [3.63, 3.8) is 0 Å². The van der Waals surface area contributed by atoms with Gasteiger partial charge in [-0.1, -0.05) is 32.6 Å². The highest BCUT2D eigenvalue weighted by atomic mass is 16.2. The first-order valence-electron chi connectivity index (χ1n) is 7.16. The molecule has 0 aliphatic rings. The van der Waals surface area contributed by atoms with Crippen molar-refractivity contribution in [2.45, 2.75) is 40.5 Å². The van der Waals surface area contributed by atoms with Crippen molar-refractivity contribution in [3.05, 3.63) is 42.1 Å². The molecule has 0 aliphatic carbocycles. The lowest BCUT2D eigenvalue weighted by Crippen LogP contribution is -2.30. The Morgan fingerprint density at radius 2 is 2.10 bits per heavy atom. The Kier molecular flexibility index (Phi) is 6.16. The van der Waals surface area contributed by atoms with Gasteiger partial charge in [0.25, 0.3) is 0 Å². The summed E-state index contributed by atoms with van der Waals surface area (Å²) in [4.78, 5) is 18.1. The molecule has 0 atom stereocenters. The predicted molar refractivity (Wildman–Crippen MR) is 85.8 cm³/mol. The zero-order valence-electron chi connectivity index (χ0n) is 12.9. The van der Waals surface area contributed by atoms with E-state index >= 15 is 0 Å². The van der Waals surface area contributed by atoms with Crippen molar-refractivity contribution < 1.29 is 4.79 Å². The minimum Gasteiger partial charge on any atom is -0.297 e. The van der Waals surface area contributed by atoms with Gasteiger partial charge < -0.3 is 0 Å². The Morgan fingerprint density at radius 1 is 1.40 bits per heavy atom. The Labute approximate surface area is 122 Å². The van der Waals surface area contributed by atoms with E-state index in [9.17, 15) is 4.79 Å². The van der Waals surface area contributed by atoms with Crippen molar-refractivity contribution in [1.82, 2.24) is 4.98 Å². The number of hydrogen-bond acceptors (Lipinski definition) is 2. The van der Waals surface area contributed by atoms with Crippen LogP contribution in [0.15, 0.2) is 30.9 Å². The number of amides is 1. The molecule has 0 fully saturated rings. The minimum atomic E-state index is 0.0316. The molecule has 20 heavy (non-hydrogen) atoms. The summed E-state index contributed by atoms with van der Waals surface area (Å²) >= 11 is 0. The lowest BCUT2D eigenvalue weighted by Gasteiger charge is -2.21. The van der Waals surface area contributed by atoms with Gasteiger partial charge in [-0.25, -0.2) is 4.98 Å². The highest BCUT2D eigenvalue weighted by molar-refractivity contribution is 5.90. The van der Waals surface area contributed by atoms with Gasteiger partial charge in [0.15, 0.2) is 0 Å².